The number of H-pyrrole nitrogens is 1. The Morgan fingerprint density at radius 2 is 2.44 bits per heavy atom. The Hall–Kier alpha value is -2.28. The molecule has 0 aromatic carbocycles. The zero-order chi connectivity index (χ0) is 11.4. The summed E-state index contributed by atoms with van der Waals surface area (Å²) in [5, 5.41) is 6.64. The van der Waals surface area contributed by atoms with E-state index >= 15 is 0 Å². The van der Waals surface area contributed by atoms with Gasteiger partial charge in [0.05, 0.1) is 6.42 Å². The number of carbonyl (C=O) groups excluding carboxylic acids is 1. The van der Waals surface area contributed by atoms with E-state index < -0.39 is 0 Å². The van der Waals surface area contributed by atoms with Crippen LogP contribution in [-0.4, -0.2) is 26.1 Å². The highest BCUT2D eigenvalue weighted by Crippen LogP contribution is 2.11. The van der Waals surface area contributed by atoms with Gasteiger partial charge in [0, 0.05) is 18.0 Å². The minimum absolute atomic E-state index is 0.0732. The molecule has 0 aliphatic heterocycles. The molecule has 0 spiro atoms. The van der Waals surface area contributed by atoms with Gasteiger partial charge in [-0.3, -0.25) is 20.3 Å². The number of aromatic amines is 1. The first kappa shape index (κ1) is 10.2. The fourth-order valence-corrected chi connectivity index (χ4v) is 1.20. The molecule has 0 aliphatic rings. The molecule has 0 saturated heterocycles. The fraction of sp³-hybridized carbons (Fsp3) is 0.111. The number of hydrogen-bond acceptors (Lipinski definition) is 5. The molecule has 0 atom stereocenters. The Balaban J connectivity index is 2.17. The Labute approximate surface area is 91.1 Å². The molecule has 2 aromatic rings. The minimum atomic E-state index is -0.325. The lowest BCUT2D eigenvalue weighted by Crippen LogP contribution is -2.31. The Morgan fingerprint density at radius 3 is 3.12 bits per heavy atom. The van der Waals surface area contributed by atoms with Gasteiger partial charge in [-0.2, -0.15) is 5.10 Å². The fourth-order valence-electron chi connectivity index (χ4n) is 1.20. The lowest BCUT2D eigenvalue weighted by Gasteiger charge is -1.93. The third-order valence-electron chi connectivity index (χ3n) is 1.94. The first-order valence-corrected chi connectivity index (χ1v) is 4.60. The topological polar surface area (TPSA) is 110 Å². The van der Waals surface area contributed by atoms with Crippen molar-refractivity contribution in [1.29, 1.82) is 0 Å². The van der Waals surface area contributed by atoms with Crippen molar-refractivity contribution >= 4 is 5.91 Å². The van der Waals surface area contributed by atoms with E-state index in [1.807, 2.05) is 11.5 Å². The number of pyridine rings is 1. The van der Waals surface area contributed by atoms with Crippen molar-refractivity contribution in [3.05, 3.63) is 30.4 Å². The van der Waals surface area contributed by atoms with Crippen LogP contribution in [0.15, 0.2) is 24.5 Å². The Morgan fingerprint density at radius 1 is 1.56 bits per heavy atom. The van der Waals surface area contributed by atoms with Crippen molar-refractivity contribution in [3.8, 4) is 11.4 Å². The molecule has 2 aromatic heterocycles. The van der Waals surface area contributed by atoms with Gasteiger partial charge in [-0.05, 0) is 12.1 Å². The van der Waals surface area contributed by atoms with E-state index in [9.17, 15) is 4.79 Å². The van der Waals surface area contributed by atoms with Crippen molar-refractivity contribution < 1.29 is 4.79 Å². The third-order valence-corrected chi connectivity index (χ3v) is 1.94. The van der Waals surface area contributed by atoms with Crippen molar-refractivity contribution in [1.82, 2.24) is 25.6 Å². The predicted octanol–water partition coefficient (Wildman–Crippen LogP) is -0.601. The maximum Gasteiger partial charge on any atom is 0.241 e. The summed E-state index contributed by atoms with van der Waals surface area (Å²) in [4.78, 5) is 19.1. The standard InChI is InChI=1S/C9H10N6O/c10-13-8(16)4-7-12-9(15-14-7)6-2-1-3-11-5-6/h1-3,5H,4,10H2,(H,13,16)(H,12,14,15). The summed E-state index contributed by atoms with van der Waals surface area (Å²) in [7, 11) is 0. The van der Waals surface area contributed by atoms with Crippen LogP contribution in [0.3, 0.4) is 0 Å². The highest BCUT2D eigenvalue weighted by Gasteiger charge is 2.08. The number of carbonyl (C=O) groups is 1. The smallest absolute Gasteiger partial charge is 0.241 e. The van der Waals surface area contributed by atoms with Crippen LogP contribution < -0.4 is 11.3 Å². The molecule has 0 fully saturated rings. The molecular weight excluding hydrogens is 208 g/mol. The van der Waals surface area contributed by atoms with Crippen molar-refractivity contribution in [3.63, 3.8) is 0 Å². The molecule has 2 rings (SSSR count). The number of aromatic nitrogens is 4. The number of hydrazine groups is 1. The summed E-state index contributed by atoms with van der Waals surface area (Å²) in [6.07, 6.45) is 3.39. The van der Waals surface area contributed by atoms with Crippen LogP contribution in [0.5, 0.6) is 0 Å². The summed E-state index contributed by atoms with van der Waals surface area (Å²) in [5.41, 5.74) is 2.81. The van der Waals surface area contributed by atoms with Crippen LogP contribution in [0.4, 0.5) is 0 Å². The van der Waals surface area contributed by atoms with Gasteiger partial charge in [-0.1, -0.05) is 0 Å². The number of rotatable bonds is 3. The maximum absolute atomic E-state index is 11.0. The second kappa shape index (κ2) is 4.49. The first-order valence-electron chi connectivity index (χ1n) is 4.60. The lowest BCUT2D eigenvalue weighted by atomic mass is 10.3. The van der Waals surface area contributed by atoms with Gasteiger partial charge >= 0.3 is 0 Å². The van der Waals surface area contributed by atoms with E-state index in [0.29, 0.717) is 11.6 Å². The van der Waals surface area contributed by atoms with Crippen molar-refractivity contribution in [2.45, 2.75) is 6.42 Å². The van der Waals surface area contributed by atoms with Gasteiger partial charge in [0.25, 0.3) is 0 Å². The second-order valence-corrected chi connectivity index (χ2v) is 3.09. The van der Waals surface area contributed by atoms with E-state index in [-0.39, 0.29) is 12.3 Å². The van der Waals surface area contributed by atoms with Crippen LogP contribution in [0.25, 0.3) is 11.4 Å². The molecule has 7 nitrogen and oxygen atoms in total. The summed E-state index contributed by atoms with van der Waals surface area (Å²) in [5.74, 6) is 5.61. The lowest BCUT2D eigenvalue weighted by molar-refractivity contribution is -0.120. The highest BCUT2D eigenvalue weighted by molar-refractivity contribution is 5.77. The Kier molecular flexibility index (Phi) is 2.88. The van der Waals surface area contributed by atoms with Crippen LogP contribution in [0.1, 0.15) is 5.82 Å². The van der Waals surface area contributed by atoms with E-state index in [0.717, 1.165) is 5.56 Å². The first-order chi connectivity index (χ1) is 7.79. The number of nitrogens with one attached hydrogen (secondary N) is 2. The molecule has 0 radical (unpaired) electrons. The van der Waals surface area contributed by atoms with Crippen molar-refractivity contribution in [2.75, 3.05) is 0 Å². The molecule has 0 aliphatic carbocycles. The quantitative estimate of drug-likeness (QED) is 0.362. The number of hydrogen-bond donors (Lipinski definition) is 3. The summed E-state index contributed by atoms with van der Waals surface area (Å²) >= 11 is 0. The SMILES string of the molecule is NNC(=O)Cc1nc(-c2cccnc2)n[nH]1. The van der Waals surface area contributed by atoms with Gasteiger partial charge < -0.3 is 0 Å². The molecule has 2 heterocycles. The molecule has 4 N–H and O–H groups in total. The zero-order valence-corrected chi connectivity index (χ0v) is 8.34. The summed E-state index contributed by atoms with van der Waals surface area (Å²) in [6.45, 7) is 0. The maximum atomic E-state index is 11.0. The van der Waals surface area contributed by atoms with Crippen LogP contribution in [0, 0.1) is 0 Å². The van der Waals surface area contributed by atoms with Gasteiger partial charge in [0.1, 0.15) is 5.82 Å². The number of amides is 1. The summed E-state index contributed by atoms with van der Waals surface area (Å²) in [6, 6.07) is 3.63. The van der Waals surface area contributed by atoms with Crippen LogP contribution in [0.2, 0.25) is 0 Å². The number of nitrogens with two attached hydrogens (primary N) is 1. The zero-order valence-electron chi connectivity index (χ0n) is 8.34. The van der Waals surface area contributed by atoms with E-state index in [2.05, 4.69) is 20.2 Å². The normalized spacial score (nSPS) is 10.1. The predicted molar refractivity (Wildman–Crippen MR) is 55.6 cm³/mol. The van der Waals surface area contributed by atoms with Gasteiger partial charge in [-0.25, -0.2) is 10.8 Å². The molecule has 1 amide bonds. The van der Waals surface area contributed by atoms with Gasteiger partial charge in [0.2, 0.25) is 5.91 Å². The molecule has 7 heteroatoms. The van der Waals surface area contributed by atoms with Crippen molar-refractivity contribution in [2.24, 2.45) is 5.84 Å². The van der Waals surface area contributed by atoms with Crippen LogP contribution >= 0.6 is 0 Å². The molecule has 16 heavy (non-hydrogen) atoms. The van der Waals surface area contributed by atoms with Gasteiger partial charge in [0.15, 0.2) is 5.82 Å². The molecule has 82 valence electrons. The second-order valence-electron chi connectivity index (χ2n) is 3.09. The Bertz CT molecular complexity index is 480. The molecular formula is C9H10N6O. The molecule has 0 unspecified atom stereocenters. The van der Waals surface area contributed by atoms with Gasteiger partial charge in [-0.15, -0.1) is 0 Å². The van der Waals surface area contributed by atoms with E-state index in [4.69, 9.17) is 5.84 Å². The monoisotopic (exact) mass is 218 g/mol. The average Bonchev–Trinajstić information content (AvgIpc) is 2.78. The van der Waals surface area contributed by atoms with E-state index in [1.54, 1.807) is 18.5 Å². The van der Waals surface area contributed by atoms with Crippen LogP contribution in [-0.2, 0) is 11.2 Å². The summed E-state index contributed by atoms with van der Waals surface area (Å²) < 4.78 is 0. The largest absolute Gasteiger partial charge is 0.294 e. The highest BCUT2D eigenvalue weighted by atomic mass is 16.2. The third kappa shape index (κ3) is 2.20. The van der Waals surface area contributed by atoms with E-state index in [1.165, 1.54) is 0 Å². The average molecular weight is 218 g/mol. The molecule has 0 bridgehead atoms. The molecule has 0 saturated carbocycles. The minimum Gasteiger partial charge on any atom is -0.294 e. The number of nitrogens with zero attached hydrogens (tertiary/aromatic N) is 3.